The molecule has 2 rings (SSSR count). The molecule has 0 aromatic heterocycles. The van der Waals surface area contributed by atoms with E-state index < -0.39 is 76.1 Å². The molecule has 0 aliphatic rings. The van der Waals surface area contributed by atoms with Gasteiger partial charge in [0.15, 0.2) is 0 Å². The van der Waals surface area contributed by atoms with E-state index in [1.165, 1.54) is 0 Å². The van der Waals surface area contributed by atoms with Crippen molar-refractivity contribution in [3.05, 3.63) is 41.3 Å². The fraction of sp³-hybridized carbons (Fsp3) is 0.143. The van der Waals surface area contributed by atoms with E-state index in [4.69, 9.17) is 81.1 Å². The molecular formula is C14H4Cl6F6N2. The molecule has 0 atom stereocenters. The van der Waals surface area contributed by atoms with E-state index in [2.05, 4.69) is 0 Å². The molecule has 2 aromatic carbocycles. The SMILES string of the molecule is Nc1c(Cl)c(Cl)c(-c2c(Cl)c(Cl)c(N)c(C(F)(F)F)c2C(F)(F)F)c(Cl)c1Cl. The molecule has 0 spiro atoms. The molecule has 2 aromatic rings. The van der Waals surface area contributed by atoms with Gasteiger partial charge >= 0.3 is 12.4 Å². The Bertz CT molecular complexity index is 957. The number of anilines is 2. The molecule has 154 valence electrons. The molecule has 0 fully saturated rings. The third-order valence-electron chi connectivity index (χ3n) is 3.53. The lowest BCUT2D eigenvalue weighted by atomic mass is 9.92. The Morgan fingerprint density at radius 2 is 0.786 bits per heavy atom. The first-order chi connectivity index (χ1) is 12.5. The average molecular weight is 527 g/mol. The molecule has 0 saturated heterocycles. The van der Waals surface area contributed by atoms with Gasteiger partial charge in [0.2, 0.25) is 0 Å². The van der Waals surface area contributed by atoms with E-state index in [0.717, 1.165) is 0 Å². The van der Waals surface area contributed by atoms with Crippen molar-refractivity contribution >= 4 is 81.0 Å². The first-order valence-corrected chi connectivity index (χ1v) is 8.86. The largest absolute Gasteiger partial charge is 0.419 e. The van der Waals surface area contributed by atoms with Crippen molar-refractivity contribution in [2.24, 2.45) is 0 Å². The molecule has 0 radical (unpaired) electrons. The maximum Gasteiger partial charge on any atom is 0.419 e. The Hall–Kier alpha value is -0.640. The molecule has 0 bridgehead atoms. The minimum Gasteiger partial charge on any atom is -0.397 e. The van der Waals surface area contributed by atoms with Gasteiger partial charge in [-0.3, -0.25) is 0 Å². The smallest absolute Gasteiger partial charge is 0.397 e. The molecule has 0 heterocycles. The van der Waals surface area contributed by atoms with Gasteiger partial charge < -0.3 is 11.5 Å². The quantitative estimate of drug-likeness (QED) is 0.222. The molecule has 0 amide bonds. The van der Waals surface area contributed by atoms with Gasteiger partial charge in [0.25, 0.3) is 0 Å². The predicted octanol–water partition coefficient (Wildman–Crippen LogP) is 8.48. The summed E-state index contributed by atoms with van der Waals surface area (Å²) < 4.78 is 81.5. The number of rotatable bonds is 1. The molecule has 14 heteroatoms. The summed E-state index contributed by atoms with van der Waals surface area (Å²) in [6, 6.07) is 0. The van der Waals surface area contributed by atoms with Crippen LogP contribution in [0.5, 0.6) is 0 Å². The molecule has 4 N–H and O–H groups in total. The van der Waals surface area contributed by atoms with Crippen LogP contribution >= 0.6 is 69.6 Å². The predicted molar refractivity (Wildman–Crippen MR) is 101 cm³/mol. The second-order valence-corrected chi connectivity index (χ2v) is 7.47. The zero-order chi connectivity index (χ0) is 21.9. The molecule has 2 nitrogen and oxygen atoms in total. The van der Waals surface area contributed by atoms with Crippen LogP contribution in [-0.2, 0) is 12.4 Å². The number of hydrogen-bond acceptors (Lipinski definition) is 2. The van der Waals surface area contributed by atoms with Gasteiger partial charge in [-0.2, -0.15) is 26.3 Å². The third kappa shape index (κ3) is 3.75. The molecule has 0 aliphatic heterocycles. The lowest BCUT2D eigenvalue weighted by Crippen LogP contribution is -2.21. The minimum atomic E-state index is -5.60. The number of halogens is 12. The summed E-state index contributed by atoms with van der Waals surface area (Å²) in [7, 11) is 0. The lowest BCUT2D eigenvalue weighted by molar-refractivity contribution is -0.161. The number of hydrogen-bond donors (Lipinski definition) is 2. The first-order valence-electron chi connectivity index (χ1n) is 6.60. The second-order valence-electron chi connectivity index (χ2n) is 5.21. The Labute approximate surface area is 183 Å². The maximum absolute atomic E-state index is 13.7. The molecule has 0 aliphatic carbocycles. The first kappa shape index (κ1) is 23.6. The van der Waals surface area contributed by atoms with E-state index in [1.54, 1.807) is 0 Å². The summed E-state index contributed by atoms with van der Waals surface area (Å²) in [4.78, 5) is 0. The minimum absolute atomic E-state index is 0.399. The molecule has 0 unspecified atom stereocenters. The Balaban J connectivity index is 3.26. The Morgan fingerprint density at radius 3 is 1.14 bits per heavy atom. The van der Waals surface area contributed by atoms with Crippen LogP contribution in [-0.4, -0.2) is 0 Å². The van der Waals surface area contributed by atoms with E-state index in [-0.39, 0.29) is 0 Å². The zero-order valence-electron chi connectivity index (χ0n) is 12.7. The normalized spacial score (nSPS) is 12.6. The molecular weight excluding hydrogens is 523 g/mol. The fourth-order valence-corrected chi connectivity index (χ4v) is 3.92. The Kier molecular flexibility index (Phi) is 6.38. The van der Waals surface area contributed by atoms with Crippen molar-refractivity contribution in [1.29, 1.82) is 0 Å². The highest BCUT2D eigenvalue weighted by molar-refractivity contribution is 6.53. The lowest BCUT2D eigenvalue weighted by Gasteiger charge is -2.25. The number of alkyl halides is 6. The van der Waals surface area contributed by atoms with Crippen LogP contribution in [0.1, 0.15) is 11.1 Å². The van der Waals surface area contributed by atoms with E-state index in [9.17, 15) is 26.3 Å². The fourth-order valence-electron chi connectivity index (χ4n) is 2.39. The zero-order valence-corrected chi connectivity index (χ0v) is 17.2. The highest BCUT2D eigenvalue weighted by atomic mass is 35.5. The monoisotopic (exact) mass is 524 g/mol. The van der Waals surface area contributed by atoms with Crippen LogP contribution in [0.4, 0.5) is 37.7 Å². The van der Waals surface area contributed by atoms with Gasteiger partial charge in [-0.05, 0) is 0 Å². The number of benzene rings is 2. The summed E-state index contributed by atoms with van der Waals surface area (Å²) in [5.41, 5.74) is 2.26. The van der Waals surface area contributed by atoms with Crippen molar-refractivity contribution in [2.75, 3.05) is 11.5 Å². The summed E-state index contributed by atoms with van der Waals surface area (Å²) in [6.07, 6.45) is -11.2. The van der Waals surface area contributed by atoms with E-state index >= 15 is 0 Å². The highest BCUT2D eigenvalue weighted by Gasteiger charge is 2.49. The van der Waals surface area contributed by atoms with Crippen molar-refractivity contribution in [1.82, 2.24) is 0 Å². The second kappa shape index (κ2) is 7.56. The van der Waals surface area contributed by atoms with Crippen LogP contribution in [0.15, 0.2) is 0 Å². The third-order valence-corrected chi connectivity index (χ3v) is 6.13. The van der Waals surface area contributed by atoms with E-state index in [1.807, 2.05) is 0 Å². The maximum atomic E-state index is 13.7. The average Bonchev–Trinajstić information content (AvgIpc) is 2.55. The van der Waals surface area contributed by atoms with Gasteiger partial charge in [0, 0.05) is 11.1 Å². The van der Waals surface area contributed by atoms with Crippen molar-refractivity contribution < 1.29 is 26.3 Å². The van der Waals surface area contributed by atoms with Crippen LogP contribution in [0.3, 0.4) is 0 Å². The van der Waals surface area contributed by atoms with Gasteiger partial charge in [0.05, 0.1) is 52.6 Å². The van der Waals surface area contributed by atoms with Crippen molar-refractivity contribution in [3.63, 3.8) is 0 Å². The summed E-state index contributed by atoms with van der Waals surface area (Å²) in [6.45, 7) is 0. The van der Waals surface area contributed by atoms with E-state index in [0.29, 0.717) is 0 Å². The van der Waals surface area contributed by atoms with Crippen LogP contribution in [0.25, 0.3) is 11.1 Å². The van der Waals surface area contributed by atoms with Gasteiger partial charge in [0.1, 0.15) is 0 Å². The standard InChI is InChI=1S/C14H4Cl6F6N2/c15-5-1(2-6(16)9(19)12(28)10(20)7(2)17)3(13(21,22)23)4(14(24,25)26)11(27)8(5)18/h27-28H2. The molecule has 28 heavy (non-hydrogen) atoms. The summed E-state index contributed by atoms with van der Waals surface area (Å²) in [5, 5.41) is -4.49. The Morgan fingerprint density at radius 1 is 0.464 bits per heavy atom. The number of nitrogen functional groups attached to an aromatic ring is 2. The van der Waals surface area contributed by atoms with Gasteiger partial charge in [-0.1, -0.05) is 69.6 Å². The molecule has 0 saturated carbocycles. The van der Waals surface area contributed by atoms with Gasteiger partial charge in [-0.15, -0.1) is 0 Å². The van der Waals surface area contributed by atoms with Crippen LogP contribution < -0.4 is 11.5 Å². The highest BCUT2D eigenvalue weighted by Crippen LogP contribution is 2.57. The van der Waals surface area contributed by atoms with Crippen LogP contribution in [0.2, 0.25) is 30.1 Å². The van der Waals surface area contributed by atoms with Gasteiger partial charge in [-0.25, -0.2) is 0 Å². The topological polar surface area (TPSA) is 52.0 Å². The van der Waals surface area contributed by atoms with Crippen molar-refractivity contribution in [3.8, 4) is 11.1 Å². The summed E-state index contributed by atoms with van der Waals surface area (Å²) in [5.74, 6) is 0. The van der Waals surface area contributed by atoms with Crippen molar-refractivity contribution in [2.45, 2.75) is 12.4 Å². The summed E-state index contributed by atoms with van der Waals surface area (Å²) >= 11 is 35.0. The van der Waals surface area contributed by atoms with Crippen LogP contribution in [0, 0.1) is 0 Å². The number of nitrogens with two attached hydrogens (primary N) is 2.